The third kappa shape index (κ3) is 2.54. The molecule has 0 unspecified atom stereocenters. The van der Waals surface area contributed by atoms with Crippen molar-refractivity contribution in [3.8, 4) is 0 Å². The molecule has 0 aliphatic heterocycles. The Hall–Kier alpha value is -1.39. The van der Waals surface area contributed by atoms with Gasteiger partial charge < -0.3 is 5.73 Å². The lowest BCUT2D eigenvalue weighted by Gasteiger charge is -2.05. The molecule has 0 atom stereocenters. The zero-order valence-corrected chi connectivity index (χ0v) is 7.16. The summed E-state index contributed by atoms with van der Waals surface area (Å²) in [6.07, 6.45) is 0.157. The third-order valence-corrected chi connectivity index (χ3v) is 1.81. The minimum absolute atomic E-state index is 0.157. The molecule has 0 aromatic heterocycles. The van der Waals surface area contributed by atoms with Crippen LogP contribution >= 0.6 is 0 Å². The van der Waals surface area contributed by atoms with Crippen LogP contribution in [0.4, 0.5) is 0 Å². The Morgan fingerprint density at radius 3 is 2.54 bits per heavy atom. The minimum atomic E-state index is -0.430. The summed E-state index contributed by atoms with van der Waals surface area (Å²) in [5.41, 5.74) is 8.82. The van der Waals surface area contributed by atoms with Gasteiger partial charge in [0.15, 0.2) is 0 Å². The molecule has 4 heteroatoms. The molecular weight excluding hydrogens is 168 g/mol. The molecule has 0 aliphatic rings. The molecule has 0 aliphatic carbocycles. The van der Waals surface area contributed by atoms with Crippen LogP contribution in [0.25, 0.3) is 0 Å². The van der Waals surface area contributed by atoms with E-state index in [4.69, 9.17) is 10.9 Å². The number of rotatable bonds is 3. The lowest BCUT2D eigenvalue weighted by molar-refractivity contribution is -0.128. The number of nitrogens with one attached hydrogen (secondary N) is 1. The average molecular weight is 180 g/mol. The molecule has 1 rings (SSSR count). The maximum Gasteiger partial charge on any atom is 0.247 e. The van der Waals surface area contributed by atoms with Crippen molar-refractivity contribution in [3.63, 3.8) is 0 Å². The fraction of sp³-hybridized carbons (Fsp3) is 0.222. The second-order valence-electron chi connectivity index (χ2n) is 2.68. The third-order valence-electron chi connectivity index (χ3n) is 1.81. The summed E-state index contributed by atoms with van der Waals surface area (Å²) in [7, 11) is 0. The zero-order valence-electron chi connectivity index (χ0n) is 7.16. The fourth-order valence-corrected chi connectivity index (χ4v) is 1.14. The van der Waals surface area contributed by atoms with Crippen LogP contribution in [0, 0.1) is 0 Å². The number of nitrogens with two attached hydrogens (primary N) is 1. The summed E-state index contributed by atoms with van der Waals surface area (Å²) in [4.78, 5) is 10.8. The minimum Gasteiger partial charge on any atom is -0.326 e. The summed E-state index contributed by atoms with van der Waals surface area (Å²) in [6, 6.07) is 7.37. The largest absolute Gasteiger partial charge is 0.326 e. The first-order chi connectivity index (χ1) is 6.27. The van der Waals surface area contributed by atoms with Crippen LogP contribution < -0.4 is 11.2 Å². The molecule has 0 saturated heterocycles. The summed E-state index contributed by atoms with van der Waals surface area (Å²) in [5, 5.41) is 8.33. The maximum absolute atomic E-state index is 10.8. The lowest BCUT2D eigenvalue weighted by atomic mass is 10.0. The van der Waals surface area contributed by atoms with Gasteiger partial charge >= 0.3 is 0 Å². The maximum atomic E-state index is 10.8. The number of hydrogen-bond acceptors (Lipinski definition) is 3. The Morgan fingerprint density at radius 1 is 1.38 bits per heavy atom. The monoisotopic (exact) mass is 180 g/mol. The quantitative estimate of drug-likeness (QED) is 0.459. The van der Waals surface area contributed by atoms with Gasteiger partial charge in [-0.1, -0.05) is 24.3 Å². The summed E-state index contributed by atoms with van der Waals surface area (Å²) in [6.45, 7) is 0.398. The van der Waals surface area contributed by atoms with Gasteiger partial charge in [-0.15, -0.1) is 0 Å². The van der Waals surface area contributed by atoms with Crippen LogP contribution in [0.15, 0.2) is 24.3 Å². The van der Waals surface area contributed by atoms with Crippen molar-refractivity contribution in [2.45, 2.75) is 13.0 Å². The normalized spacial score (nSPS) is 9.69. The number of amides is 1. The van der Waals surface area contributed by atoms with Crippen molar-refractivity contribution in [3.05, 3.63) is 35.4 Å². The highest BCUT2D eigenvalue weighted by Gasteiger charge is 2.04. The first kappa shape index (κ1) is 9.70. The van der Waals surface area contributed by atoms with Crippen molar-refractivity contribution >= 4 is 5.91 Å². The Labute approximate surface area is 76.3 Å². The van der Waals surface area contributed by atoms with Crippen molar-refractivity contribution in [2.24, 2.45) is 5.73 Å². The van der Waals surface area contributed by atoms with E-state index >= 15 is 0 Å². The molecule has 1 aromatic carbocycles. The van der Waals surface area contributed by atoms with Crippen LogP contribution in [0.1, 0.15) is 11.1 Å². The SMILES string of the molecule is NCc1ccccc1CC(=O)NO. The zero-order chi connectivity index (χ0) is 9.68. The van der Waals surface area contributed by atoms with Gasteiger partial charge in [-0.05, 0) is 11.1 Å². The summed E-state index contributed by atoms with van der Waals surface area (Å²) < 4.78 is 0. The van der Waals surface area contributed by atoms with E-state index in [2.05, 4.69) is 0 Å². The van der Waals surface area contributed by atoms with Gasteiger partial charge in [-0.25, -0.2) is 5.48 Å². The predicted octanol–water partition coefficient (Wildman–Crippen LogP) is 0.193. The number of hydrogen-bond donors (Lipinski definition) is 3. The Bertz CT molecular complexity index is 299. The van der Waals surface area contributed by atoms with Crippen LogP contribution in [0.5, 0.6) is 0 Å². The van der Waals surface area contributed by atoms with Gasteiger partial charge in [0.25, 0.3) is 0 Å². The van der Waals surface area contributed by atoms with Gasteiger partial charge in [0, 0.05) is 6.54 Å². The van der Waals surface area contributed by atoms with E-state index in [0.717, 1.165) is 11.1 Å². The van der Waals surface area contributed by atoms with Crippen LogP contribution in [0.2, 0.25) is 0 Å². The van der Waals surface area contributed by atoms with Crippen molar-refractivity contribution in [2.75, 3.05) is 0 Å². The van der Waals surface area contributed by atoms with E-state index < -0.39 is 5.91 Å². The van der Waals surface area contributed by atoms with Crippen molar-refractivity contribution in [1.29, 1.82) is 0 Å². The van der Waals surface area contributed by atoms with E-state index in [-0.39, 0.29) is 6.42 Å². The predicted molar refractivity (Wildman–Crippen MR) is 48.0 cm³/mol. The summed E-state index contributed by atoms with van der Waals surface area (Å²) >= 11 is 0. The number of carbonyl (C=O) groups excluding carboxylic acids is 1. The summed E-state index contributed by atoms with van der Waals surface area (Å²) in [5.74, 6) is -0.430. The average Bonchev–Trinajstić information content (AvgIpc) is 2.18. The first-order valence-corrected chi connectivity index (χ1v) is 3.97. The van der Waals surface area contributed by atoms with Crippen LogP contribution in [-0.2, 0) is 17.8 Å². The van der Waals surface area contributed by atoms with E-state index in [1.165, 1.54) is 0 Å². The standard InChI is InChI=1S/C9H12N2O2/c10-6-8-4-2-1-3-7(8)5-9(12)11-13/h1-4,13H,5-6,10H2,(H,11,12). The van der Waals surface area contributed by atoms with Gasteiger partial charge in [0.1, 0.15) is 0 Å². The Kier molecular flexibility index (Phi) is 3.42. The van der Waals surface area contributed by atoms with E-state index in [1.807, 2.05) is 24.3 Å². The topological polar surface area (TPSA) is 75.4 Å². The molecule has 4 N–H and O–H groups in total. The molecular formula is C9H12N2O2. The molecule has 0 bridgehead atoms. The van der Waals surface area contributed by atoms with Crippen LogP contribution in [-0.4, -0.2) is 11.1 Å². The van der Waals surface area contributed by atoms with Crippen LogP contribution in [0.3, 0.4) is 0 Å². The second-order valence-corrected chi connectivity index (χ2v) is 2.68. The highest BCUT2D eigenvalue weighted by molar-refractivity contribution is 5.77. The Balaban J connectivity index is 2.81. The second kappa shape index (κ2) is 4.59. The molecule has 13 heavy (non-hydrogen) atoms. The molecule has 0 heterocycles. The highest BCUT2D eigenvalue weighted by Crippen LogP contribution is 2.08. The van der Waals surface area contributed by atoms with Gasteiger partial charge in [-0.2, -0.15) is 0 Å². The molecule has 0 saturated carbocycles. The van der Waals surface area contributed by atoms with Crippen molar-refractivity contribution in [1.82, 2.24) is 5.48 Å². The van der Waals surface area contributed by atoms with E-state index in [9.17, 15) is 4.79 Å². The van der Waals surface area contributed by atoms with Gasteiger partial charge in [0.2, 0.25) is 5.91 Å². The lowest BCUT2D eigenvalue weighted by Crippen LogP contribution is -2.21. The number of hydroxylamine groups is 1. The molecule has 4 nitrogen and oxygen atoms in total. The molecule has 70 valence electrons. The number of benzene rings is 1. The molecule has 0 spiro atoms. The Morgan fingerprint density at radius 2 is 2.00 bits per heavy atom. The molecule has 1 amide bonds. The fourth-order valence-electron chi connectivity index (χ4n) is 1.14. The van der Waals surface area contributed by atoms with Crippen molar-refractivity contribution < 1.29 is 10.0 Å². The van der Waals surface area contributed by atoms with Gasteiger partial charge in [0.05, 0.1) is 6.42 Å². The molecule has 0 fully saturated rings. The van der Waals surface area contributed by atoms with Gasteiger partial charge in [-0.3, -0.25) is 10.0 Å². The number of carbonyl (C=O) groups is 1. The molecule has 1 aromatic rings. The first-order valence-electron chi connectivity index (χ1n) is 3.97. The van der Waals surface area contributed by atoms with E-state index in [1.54, 1.807) is 5.48 Å². The smallest absolute Gasteiger partial charge is 0.247 e. The molecule has 0 radical (unpaired) electrons. The van der Waals surface area contributed by atoms with E-state index in [0.29, 0.717) is 6.54 Å². The highest BCUT2D eigenvalue weighted by atomic mass is 16.5.